The number of benzene rings is 1. The Labute approximate surface area is 254 Å². The fourth-order valence-corrected chi connectivity index (χ4v) is 5.07. The molecule has 43 heavy (non-hydrogen) atoms. The number of nitrogens with one attached hydrogen (secondary N) is 4. The Morgan fingerprint density at radius 1 is 1.19 bits per heavy atom. The highest BCUT2D eigenvalue weighted by Crippen LogP contribution is 2.30. The molecule has 2 aromatic rings. The standard InChI is InChI=1S/C29H39FN6O6S/c1-28(2,3)42-27(40)35-25(32)19-12-21(43-16-19)14-34-26(39)22-13-29(30,17-31)18-36(22)24(38)15-33-23(37)10-7-11-41-20-8-5-4-6-9-20/h4-6,8-9,12,16,22H,7,10-11,13-15,17-18,31H2,1-3H3,(H,33,37)(H,34,39)(H2,32,35,40)/t22-,29-/m0/s1. The maximum Gasteiger partial charge on any atom is 0.413 e. The predicted molar refractivity (Wildman–Crippen MR) is 160 cm³/mol. The molecule has 2 heterocycles. The van der Waals surface area contributed by atoms with Gasteiger partial charge >= 0.3 is 6.09 Å². The number of alkyl carbamates (subject to hydrolysis) is 1. The Balaban J connectivity index is 1.48. The number of halogens is 1. The van der Waals surface area contributed by atoms with Gasteiger partial charge in [-0.2, -0.15) is 0 Å². The lowest BCUT2D eigenvalue weighted by molar-refractivity contribution is -0.138. The molecule has 1 fully saturated rings. The van der Waals surface area contributed by atoms with Gasteiger partial charge in [0.05, 0.1) is 26.2 Å². The van der Waals surface area contributed by atoms with Crippen molar-refractivity contribution in [2.24, 2.45) is 5.73 Å². The third-order valence-corrected chi connectivity index (χ3v) is 7.32. The zero-order chi connectivity index (χ0) is 31.6. The predicted octanol–water partition coefficient (Wildman–Crippen LogP) is 2.46. The molecule has 1 aromatic carbocycles. The van der Waals surface area contributed by atoms with Gasteiger partial charge in [0.2, 0.25) is 17.7 Å². The highest BCUT2D eigenvalue weighted by atomic mass is 32.1. The van der Waals surface area contributed by atoms with Gasteiger partial charge in [-0.1, -0.05) is 18.2 Å². The quantitative estimate of drug-likeness (QED) is 0.138. The van der Waals surface area contributed by atoms with Gasteiger partial charge in [-0.15, -0.1) is 11.3 Å². The topological polar surface area (TPSA) is 176 Å². The van der Waals surface area contributed by atoms with Crippen LogP contribution in [0, 0.1) is 5.41 Å². The molecule has 1 saturated heterocycles. The first-order valence-corrected chi connectivity index (χ1v) is 14.7. The smallest absolute Gasteiger partial charge is 0.413 e. The average molecular weight is 619 g/mol. The Kier molecular flexibility index (Phi) is 11.6. The van der Waals surface area contributed by atoms with Gasteiger partial charge in [-0.3, -0.25) is 25.1 Å². The molecule has 0 spiro atoms. The number of para-hydroxylation sites is 1. The van der Waals surface area contributed by atoms with Crippen LogP contribution in [0.1, 0.15) is 50.5 Å². The summed E-state index contributed by atoms with van der Waals surface area (Å²) in [4.78, 5) is 52.0. The van der Waals surface area contributed by atoms with E-state index < -0.39 is 35.2 Å². The number of carbonyl (C=O) groups is 4. The molecule has 1 aliphatic rings. The molecule has 12 nitrogen and oxygen atoms in total. The summed E-state index contributed by atoms with van der Waals surface area (Å²) in [6, 6.07) is 9.69. The number of alkyl halides is 1. The van der Waals surface area contributed by atoms with Crippen molar-refractivity contribution in [2.75, 3.05) is 26.2 Å². The number of hydrogen-bond acceptors (Lipinski definition) is 9. The Bertz CT molecular complexity index is 1300. The molecule has 4 amide bonds. The summed E-state index contributed by atoms with van der Waals surface area (Å²) in [5.74, 6) is -0.993. The van der Waals surface area contributed by atoms with Crippen LogP contribution >= 0.6 is 11.3 Å². The summed E-state index contributed by atoms with van der Waals surface area (Å²) in [5, 5.41) is 17.3. The van der Waals surface area contributed by atoms with Crippen LogP contribution in [0.3, 0.4) is 0 Å². The van der Waals surface area contributed by atoms with Gasteiger partial charge in [0.25, 0.3) is 0 Å². The largest absolute Gasteiger partial charge is 0.494 e. The third kappa shape index (κ3) is 10.6. The fourth-order valence-electron chi connectivity index (χ4n) is 4.26. The van der Waals surface area contributed by atoms with E-state index in [2.05, 4.69) is 16.0 Å². The zero-order valence-electron chi connectivity index (χ0n) is 24.5. The number of amides is 4. The summed E-state index contributed by atoms with van der Waals surface area (Å²) in [5.41, 5.74) is 3.38. The molecular weight excluding hydrogens is 579 g/mol. The second-order valence-electron chi connectivity index (χ2n) is 11.2. The van der Waals surface area contributed by atoms with E-state index in [1.54, 1.807) is 32.2 Å². The molecule has 0 unspecified atom stereocenters. The number of thiophene rings is 1. The first kappa shape index (κ1) is 33.5. The van der Waals surface area contributed by atoms with Gasteiger partial charge in [0.1, 0.15) is 28.9 Å². The number of rotatable bonds is 12. The van der Waals surface area contributed by atoms with E-state index in [4.69, 9.17) is 20.6 Å². The van der Waals surface area contributed by atoms with Crippen LogP contribution in [0.15, 0.2) is 41.8 Å². The fraction of sp³-hybridized carbons (Fsp3) is 0.483. The maximum absolute atomic E-state index is 15.2. The van der Waals surface area contributed by atoms with Gasteiger partial charge < -0.3 is 30.7 Å². The van der Waals surface area contributed by atoms with Gasteiger partial charge in [-0.25, -0.2) is 9.18 Å². The van der Waals surface area contributed by atoms with Gasteiger partial charge in [0, 0.05) is 35.2 Å². The lowest BCUT2D eigenvalue weighted by Crippen LogP contribution is -2.49. The minimum atomic E-state index is -1.94. The summed E-state index contributed by atoms with van der Waals surface area (Å²) >= 11 is 1.25. The van der Waals surface area contributed by atoms with E-state index in [-0.39, 0.29) is 50.8 Å². The Hall–Kier alpha value is -4.04. The molecule has 2 atom stereocenters. The van der Waals surface area contributed by atoms with Crippen molar-refractivity contribution < 1.29 is 33.0 Å². The molecule has 0 bridgehead atoms. The normalized spacial score (nSPS) is 18.1. The van der Waals surface area contributed by atoms with E-state index in [1.807, 2.05) is 30.3 Å². The van der Waals surface area contributed by atoms with Crippen LogP contribution in [0.4, 0.5) is 9.18 Å². The highest BCUT2D eigenvalue weighted by Gasteiger charge is 2.48. The van der Waals surface area contributed by atoms with E-state index in [9.17, 15) is 19.2 Å². The maximum atomic E-state index is 15.2. The number of nitrogens with two attached hydrogens (primary N) is 1. The third-order valence-electron chi connectivity index (χ3n) is 6.38. The van der Waals surface area contributed by atoms with Crippen molar-refractivity contribution in [2.45, 2.75) is 63.9 Å². The minimum absolute atomic E-state index is 0.0610. The molecular formula is C29H39FN6O6S. The monoisotopic (exact) mass is 618 g/mol. The van der Waals surface area contributed by atoms with Crippen molar-refractivity contribution in [1.82, 2.24) is 20.9 Å². The van der Waals surface area contributed by atoms with E-state index in [0.717, 1.165) is 4.90 Å². The summed E-state index contributed by atoms with van der Waals surface area (Å²) in [6.07, 6.45) is -0.461. The van der Waals surface area contributed by atoms with Crippen molar-refractivity contribution in [3.8, 4) is 5.75 Å². The molecule has 3 rings (SSSR count). The van der Waals surface area contributed by atoms with Crippen LogP contribution in [0.25, 0.3) is 0 Å². The van der Waals surface area contributed by atoms with Crippen molar-refractivity contribution in [3.05, 3.63) is 52.2 Å². The first-order valence-electron chi connectivity index (χ1n) is 13.9. The summed E-state index contributed by atoms with van der Waals surface area (Å²) in [7, 11) is 0. The number of nitrogens with zero attached hydrogens (tertiary/aromatic N) is 1. The molecule has 6 N–H and O–H groups in total. The van der Waals surface area contributed by atoms with E-state index in [1.165, 1.54) is 11.3 Å². The van der Waals surface area contributed by atoms with Crippen LogP contribution in [-0.2, 0) is 25.7 Å². The van der Waals surface area contributed by atoms with E-state index >= 15 is 4.39 Å². The van der Waals surface area contributed by atoms with Gasteiger partial charge in [0.15, 0.2) is 0 Å². The van der Waals surface area contributed by atoms with Crippen molar-refractivity contribution >= 4 is 41.0 Å². The minimum Gasteiger partial charge on any atom is -0.494 e. The first-order chi connectivity index (χ1) is 20.3. The number of amidine groups is 1. The number of hydrogen-bond donors (Lipinski definition) is 5. The SMILES string of the molecule is CC(C)(C)OC(=O)NC(=N)c1csc(CNC(=O)[C@@H]2C[C@](F)(CN)CN2C(=O)CNC(=O)CCCOc2ccccc2)c1. The van der Waals surface area contributed by atoms with Crippen LogP contribution in [0.2, 0.25) is 0 Å². The second-order valence-corrected chi connectivity index (χ2v) is 12.2. The zero-order valence-corrected chi connectivity index (χ0v) is 25.4. The number of likely N-dealkylation sites (tertiary alicyclic amines) is 1. The lowest BCUT2D eigenvalue weighted by atomic mass is 10.0. The summed E-state index contributed by atoms with van der Waals surface area (Å²) in [6.45, 7) is 4.41. The molecule has 0 radical (unpaired) electrons. The van der Waals surface area contributed by atoms with Crippen LogP contribution in [0.5, 0.6) is 5.75 Å². The molecule has 0 aliphatic carbocycles. The van der Waals surface area contributed by atoms with Crippen LogP contribution in [-0.4, -0.2) is 78.1 Å². The molecule has 1 aromatic heterocycles. The summed E-state index contributed by atoms with van der Waals surface area (Å²) < 4.78 is 25.9. The van der Waals surface area contributed by atoms with Gasteiger partial charge in [-0.05, 0) is 45.4 Å². The van der Waals surface area contributed by atoms with E-state index in [0.29, 0.717) is 29.2 Å². The second kappa shape index (κ2) is 14.9. The lowest BCUT2D eigenvalue weighted by Gasteiger charge is -2.24. The molecule has 1 aliphatic heterocycles. The molecule has 14 heteroatoms. The number of ether oxygens (including phenoxy) is 2. The van der Waals surface area contributed by atoms with Crippen molar-refractivity contribution in [3.63, 3.8) is 0 Å². The highest BCUT2D eigenvalue weighted by molar-refractivity contribution is 7.10. The van der Waals surface area contributed by atoms with Crippen molar-refractivity contribution in [1.29, 1.82) is 5.41 Å². The Morgan fingerprint density at radius 3 is 2.58 bits per heavy atom. The number of carbonyl (C=O) groups excluding carboxylic acids is 4. The van der Waals surface area contributed by atoms with Crippen LogP contribution < -0.4 is 26.4 Å². The average Bonchev–Trinajstić information content (AvgIpc) is 3.58. The molecule has 0 saturated carbocycles. The Morgan fingerprint density at radius 2 is 1.91 bits per heavy atom. The molecule has 234 valence electrons.